The summed E-state index contributed by atoms with van der Waals surface area (Å²) in [6, 6.07) is 3.92. The maximum atomic E-state index is 14.4. The number of unbranched alkanes of at least 4 members (excludes halogenated alkanes) is 1. The van der Waals surface area contributed by atoms with Crippen LogP contribution in [0.3, 0.4) is 0 Å². The van der Waals surface area contributed by atoms with Gasteiger partial charge < -0.3 is 14.8 Å². The van der Waals surface area contributed by atoms with Crippen molar-refractivity contribution in [2.75, 3.05) is 23.5 Å². The molecule has 5 heterocycles. The average Bonchev–Trinajstić information content (AvgIpc) is 3.70. The number of aromatic nitrogens is 1. The van der Waals surface area contributed by atoms with Crippen molar-refractivity contribution in [3.63, 3.8) is 0 Å². The number of allylic oxidation sites excluding steroid dienone is 4. The normalized spacial score (nSPS) is 34.6. The van der Waals surface area contributed by atoms with E-state index in [9.17, 15) is 19.2 Å². The van der Waals surface area contributed by atoms with E-state index in [0.29, 0.717) is 41.1 Å². The van der Waals surface area contributed by atoms with E-state index in [1.54, 1.807) is 27.8 Å². The number of anilines is 1. The number of esters is 2. The predicted molar refractivity (Wildman–Crippen MR) is 184 cm³/mol. The molecule has 6 atom stereocenters. The maximum Gasteiger partial charge on any atom is 0.340 e. The van der Waals surface area contributed by atoms with E-state index in [4.69, 9.17) is 9.47 Å². The van der Waals surface area contributed by atoms with Gasteiger partial charge in [0.2, 0.25) is 0 Å². The van der Waals surface area contributed by atoms with Gasteiger partial charge >= 0.3 is 11.9 Å². The number of carbonyl (C=O) groups is 4. The Morgan fingerprint density at radius 1 is 1.10 bits per heavy atom. The molecule has 48 heavy (non-hydrogen) atoms. The average molecular weight is 686 g/mol. The molecule has 1 N–H and O–H groups in total. The molecule has 1 aromatic heterocycles. The second-order valence-corrected chi connectivity index (χ2v) is 16.4. The van der Waals surface area contributed by atoms with E-state index in [1.807, 2.05) is 18.2 Å². The number of fused-ring (bicyclic) bond motifs is 3. The van der Waals surface area contributed by atoms with Crippen LogP contribution in [0, 0.1) is 29.1 Å². The molecule has 1 saturated heterocycles. The SMILES string of the molecule is CCC/C=C1\OC(=O)C2=C1CC[C@H]1[C@@H]3CC[C@@]4(C5=C3[C@@H](CN3C(=O)C=CC3=O)c3ccnc(c3)NCSSC[C@H](C)C/C=C\4OC5=O)[C@@H]21. The highest BCUT2D eigenvalue weighted by Crippen LogP contribution is 2.71. The summed E-state index contributed by atoms with van der Waals surface area (Å²) >= 11 is 0. The van der Waals surface area contributed by atoms with Crippen molar-refractivity contribution in [3.05, 3.63) is 82.0 Å². The minimum absolute atomic E-state index is 0.0376. The van der Waals surface area contributed by atoms with Crippen molar-refractivity contribution in [2.45, 2.75) is 64.7 Å². The number of rotatable bonds is 4. The van der Waals surface area contributed by atoms with Crippen LogP contribution in [-0.2, 0) is 28.7 Å². The summed E-state index contributed by atoms with van der Waals surface area (Å²) in [4.78, 5) is 60.1. The molecule has 2 amide bonds. The highest BCUT2D eigenvalue weighted by Gasteiger charge is 2.69. The second kappa shape index (κ2) is 12.4. The lowest BCUT2D eigenvalue weighted by atomic mass is 9.43. The standard InChI is InChI=1S/C37H39N3O6S2/c1-3-4-5-26-24-8-7-23-22-12-14-37(33(23)32(24)35(43)45-26)27-9-6-20(2)18-47-48-19-39-28-16-21(13-15-38-28)25(31(22)34(37)36(44)46-27)17-40-29(41)10-11-30(40)42/h5,9-11,13,15-16,20,22-23,25,33H,3-4,6-8,12,14,17-19H2,1-2H3,(H,38,39)/b26-5-,27-9+/t20-,22+,23+,25+,33-,37+/m1/s1. The summed E-state index contributed by atoms with van der Waals surface area (Å²) in [6.07, 6.45) is 14.1. The fraction of sp³-hybridized carbons (Fsp3) is 0.486. The number of imide groups is 1. The molecule has 0 radical (unpaired) electrons. The lowest BCUT2D eigenvalue weighted by Gasteiger charge is -2.57. The molecule has 1 spiro atoms. The van der Waals surface area contributed by atoms with Gasteiger partial charge in [0.25, 0.3) is 11.8 Å². The highest BCUT2D eigenvalue weighted by molar-refractivity contribution is 8.76. The molecule has 8 aliphatic rings. The van der Waals surface area contributed by atoms with Gasteiger partial charge in [-0.3, -0.25) is 14.5 Å². The molecule has 11 heteroatoms. The summed E-state index contributed by atoms with van der Waals surface area (Å²) < 4.78 is 12.3. The molecular weight excluding hydrogens is 647 g/mol. The van der Waals surface area contributed by atoms with Gasteiger partial charge in [-0.1, -0.05) is 41.9 Å². The number of cyclic esters (lactones) is 1. The van der Waals surface area contributed by atoms with Crippen molar-refractivity contribution in [1.82, 2.24) is 9.88 Å². The van der Waals surface area contributed by atoms with Crippen molar-refractivity contribution in [3.8, 4) is 0 Å². The first-order chi connectivity index (χ1) is 23.3. The minimum atomic E-state index is -0.825. The quantitative estimate of drug-likeness (QED) is 0.212. The Bertz CT molecular complexity index is 1760. The fourth-order valence-electron chi connectivity index (χ4n) is 9.31. The van der Waals surface area contributed by atoms with Crippen LogP contribution < -0.4 is 5.32 Å². The predicted octanol–water partition coefficient (Wildman–Crippen LogP) is 6.59. The van der Waals surface area contributed by atoms with Gasteiger partial charge in [0.1, 0.15) is 17.3 Å². The van der Waals surface area contributed by atoms with E-state index in [1.165, 1.54) is 17.1 Å². The molecule has 9 nitrogen and oxygen atoms in total. The Hall–Kier alpha value is -3.57. The van der Waals surface area contributed by atoms with Gasteiger partial charge in [0.05, 0.1) is 16.9 Å². The van der Waals surface area contributed by atoms with Crippen LogP contribution in [0.5, 0.6) is 0 Å². The van der Waals surface area contributed by atoms with Crippen LogP contribution in [0.15, 0.2) is 76.4 Å². The molecule has 1 saturated carbocycles. The molecule has 250 valence electrons. The Labute approximate surface area is 288 Å². The number of carbonyl (C=O) groups excluding carboxylic acids is 4. The zero-order chi connectivity index (χ0) is 33.2. The van der Waals surface area contributed by atoms with Crippen LogP contribution >= 0.6 is 21.6 Å². The largest absolute Gasteiger partial charge is 0.427 e. The van der Waals surface area contributed by atoms with Crippen molar-refractivity contribution >= 4 is 51.2 Å². The Morgan fingerprint density at radius 3 is 2.75 bits per heavy atom. The number of amides is 2. The zero-order valence-electron chi connectivity index (χ0n) is 27.2. The topological polar surface area (TPSA) is 115 Å². The van der Waals surface area contributed by atoms with Gasteiger partial charge in [0.15, 0.2) is 0 Å². The number of nitrogens with zero attached hydrogens (tertiary/aromatic N) is 2. The smallest absolute Gasteiger partial charge is 0.340 e. The molecule has 4 aliphatic heterocycles. The van der Waals surface area contributed by atoms with E-state index in [-0.39, 0.29) is 48.1 Å². The van der Waals surface area contributed by atoms with Gasteiger partial charge in [-0.25, -0.2) is 14.6 Å². The number of hydrogen-bond acceptors (Lipinski definition) is 10. The lowest BCUT2D eigenvalue weighted by molar-refractivity contribution is -0.137. The van der Waals surface area contributed by atoms with Crippen LogP contribution in [-0.4, -0.2) is 51.8 Å². The Morgan fingerprint density at radius 2 is 1.94 bits per heavy atom. The monoisotopic (exact) mass is 685 g/mol. The van der Waals surface area contributed by atoms with Crippen LogP contribution in [0.4, 0.5) is 5.82 Å². The Balaban J connectivity index is 1.36. The third-order valence-electron chi connectivity index (χ3n) is 11.3. The van der Waals surface area contributed by atoms with E-state index < -0.39 is 11.3 Å². The third kappa shape index (κ3) is 4.94. The van der Waals surface area contributed by atoms with Crippen molar-refractivity contribution < 1.29 is 28.7 Å². The fourth-order valence-corrected chi connectivity index (χ4v) is 11.5. The first-order valence-electron chi connectivity index (χ1n) is 17.1. The first kappa shape index (κ1) is 31.7. The molecular formula is C37H39N3O6S2. The van der Waals surface area contributed by atoms with Gasteiger partial charge in [-0.05, 0) is 91.7 Å². The lowest BCUT2D eigenvalue weighted by Crippen LogP contribution is -2.53. The summed E-state index contributed by atoms with van der Waals surface area (Å²) in [6.45, 7) is 4.41. The molecule has 9 rings (SSSR count). The zero-order valence-corrected chi connectivity index (χ0v) is 28.8. The molecule has 1 aromatic rings. The van der Waals surface area contributed by atoms with Crippen LogP contribution in [0.2, 0.25) is 0 Å². The van der Waals surface area contributed by atoms with Crippen LogP contribution in [0.25, 0.3) is 0 Å². The molecule has 7 bridgehead atoms. The second-order valence-electron chi connectivity index (χ2n) is 13.9. The number of nitrogens with one attached hydrogen (secondary N) is 1. The Kier molecular flexibility index (Phi) is 8.18. The summed E-state index contributed by atoms with van der Waals surface area (Å²) in [7, 11) is 3.52. The molecule has 0 aromatic carbocycles. The summed E-state index contributed by atoms with van der Waals surface area (Å²) in [5, 5.41) is 3.43. The number of pyridine rings is 1. The third-order valence-corrected chi connectivity index (χ3v) is 13.7. The van der Waals surface area contributed by atoms with Crippen molar-refractivity contribution in [2.24, 2.45) is 29.1 Å². The summed E-state index contributed by atoms with van der Waals surface area (Å²) in [5.41, 5.74) is 3.32. The van der Waals surface area contributed by atoms with Gasteiger partial charge in [0, 0.05) is 53.6 Å². The van der Waals surface area contributed by atoms with E-state index in [2.05, 4.69) is 30.2 Å². The molecule has 2 fully saturated rings. The highest BCUT2D eigenvalue weighted by atomic mass is 33.1. The molecule has 4 aliphatic carbocycles. The first-order valence-corrected chi connectivity index (χ1v) is 19.6. The van der Waals surface area contributed by atoms with Gasteiger partial charge in [-0.15, -0.1) is 0 Å². The number of ether oxygens (including phenoxy) is 2. The van der Waals surface area contributed by atoms with Gasteiger partial charge in [-0.2, -0.15) is 0 Å². The molecule has 0 unspecified atom stereocenters. The summed E-state index contributed by atoms with van der Waals surface area (Å²) in [5.74, 6) is 1.90. The van der Waals surface area contributed by atoms with Crippen LogP contribution in [0.1, 0.15) is 70.3 Å². The van der Waals surface area contributed by atoms with E-state index in [0.717, 1.165) is 66.6 Å². The van der Waals surface area contributed by atoms with Crippen molar-refractivity contribution in [1.29, 1.82) is 0 Å². The van der Waals surface area contributed by atoms with E-state index >= 15 is 0 Å². The maximum absolute atomic E-state index is 14.4. The number of hydrogen-bond donors (Lipinski definition) is 1. The minimum Gasteiger partial charge on any atom is -0.427 e.